The van der Waals surface area contributed by atoms with E-state index < -0.39 is 0 Å². The molecule has 47 heavy (non-hydrogen) atoms. The number of imidazole rings is 1. The van der Waals surface area contributed by atoms with Crippen LogP contribution in [0.5, 0.6) is 0 Å². The first-order valence-corrected chi connectivity index (χ1v) is 15.1. The van der Waals surface area contributed by atoms with Crippen LogP contribution in [-0.4, -0.2) is 19.4 Å². The van der Waals surface area contributed by atoms with E-state index in [2.05, 4.69) is 93.2 Å². The van der Waals surface area contributed by atoms with Gasteiger partial charge in [-0.2, -0.15) is 0 Å². The second-order valence-electron chi connectivity index (χ2n) is 11.0. The molecule has 0 aliphatic carbocycles. The van der Waals surface area contributed by atoms with Crippen molar-refractivity contribution < 1.29 is 24.5 Å². The van der Waals surface area contributed by atoms with E-state index in [-0.39, 0.29) is 20.1 Å². The molecular weight excluding hydrogens is 757 g/mol. The standard InChI is InChI=1S/C30H16N3O.C11H8N.Ir/c1-2-10-22-18(8-1)19-9-3-4-14-26(19)33-27-25(32-30(22)33)16-15-21-20-11-7-12-23(28(20)34-29(21)27)24-13-5-6-17-31-24;1-2-6-10(7-3-1)11-8-4-5-9-12-11;/h1-11,13-17H;1-6,8-9H;/q2*-1;. The van der Waals surface area contributed by atoms with Gasteiger partial charge in [-0.1, -0.05) is 77.7 Å². The Kier molecular flexibility index (Phi) is 7.30. The zero-order valence-electron chi connectivity index (χ0n) is 24.9. The summed E-state index contributed by atoms with van der Waals surface area (Å²) in [4.78, 5) is 13.8. The number of fused-ring (bicyclic) bond motifs is 12. The quantitative estimate of drug-likeness (QED) is 0.130. The number of nitrogens with zero attached hydrogens (tertiary/aromatic N) is 4. The van der Waals surface area contributed by atoms with Crippen LogP contribution in [0.25, 0.3) is 82.8 Å². The van der Waals surface area contributed by atoms with Gasteiger partial charge in [-0.25, -0.2) is 4.98 Å². The van der Waals surface area contributed by atoms with E-state index in [4.69, 9.17) is 9.40 Å². The van der Waals surface area contributed by atoms with Crippen molar-refractivity contribution in [3.05, 3.63) is 158 Å². The summed E-state index contributed by atoms with van der Waals surface area (Å²) in [5.41, 5.74) is 9.30. The fourth-order valence-electron chi connectivity index (χ4n) is 6.36. The summed E-state index contributed by atoms with van der Waals surface area (Å²) >= 11 is 0. The van der Waals surface area contributed by atoms with Gasteiger partial charge in [0.15, 0.2) is 0 Å². The largest absolute Gasteiger partial charge is 0.498 e. The second kappa shape index (κ2) is 11.9. The Morgan fingerprint density at radius 2 is 1.23 bits per heavy atom. The molecule has 0 saturated carbocycles. The summed E-state index contributed by atoms with van der Waals surface area (Å²) in [6, 6.07) is 51.2. The van der Waals surface area contributed by atoms with E-state index in [9.17, 15) is 0 Å². The van der Waals surface area contributed by atoms with Crippen LogP contribution < -0.4 is 0 Å². The molecule has 10 rings (SSSR count). The van der Waals surface area contributed by atoms with E-state index in [1.165, 1.54) is 10.8 Å². The maximum absolute atomic E-state index is 6.65. The molecule has 0 aliphatic rings. The van der Waals surface area contributed by atoms with Gasteiger partial charge in [-0.15, -0.1) is 54.1 Å². The minimum atomic E-state index is 0. The van der Waals surface area contributed by atoms with Gasteiger partial charge in [0.1, 0.15) is 16.7 Å². The number of hydrogen-bond donors (Lipinski definition) is 0. The second-order valence-corrected chi connectivity index (χ2v) is 11.0. The number of rotatable bonds is 2. The Morgan fingerprint density at radius 1 is 0.532 bits per heavy atom. The van der Waals surface area contributed by atoms with Crippen molar-refractivity contribution in [1.82, 2.24) is 19.4 Å². The third-order valence-electron chi connectivity index (χ3n) is 8.39. The van der Waals surface area contributed by atoms with Crippen molar-refractivity contribution in [1.29, 1.82) is 0 Å². The molecule has 0 N–H and O–H groups in total. The molecule has 225 valence electrons. The summed E-state index contributed by atoms with van der Waals surface area (Å²) in [6.45, 7) is 0. The smallest absolute Gasteiger partial charge is 0.147 e. The number of pyridine rings is 3. The molecule has 0 amide bonds. The predicted octanol–water partition coefficient (Wildman–Crippen LogP) is 10.1. The average Bonchev–Trinajstić information content (AvgIpc) is 3.73. The van der Waals surface area contributed by atoms with Crippen LogP contribution in [0.4, 0.5) is 0 Å². The topological polar surface area (TPSA) is 56.2 Å². The van der Waals surface area contributed by atoms with Gasteiger partial charge in [0.2, 0.25) is 0 Å². The SMILES string of the molecule is [Ir].[c-]1ccc2c(oc3c2ccc2nc4c5ccccc5c5ccccc5n4c23)c1-c1ccccn1.[c-]1ccccc1-c1ccccn1. The summed E-state index contributed by atoms with van der Waals surface area (Å²) in [7, 11) is 0. The molecule has 6 heteroatoms. The Bertz CT molecular complexity index is 2650. The van der Waals surface area contributed by atoms with Crippen molar-refractivity contribution in [2.24, 2.45) is 0 Å². The fourth-order valence-corrected chi connectivity index (χ4v) is 6.36. The number of hydrogen-bond acceptors (Lipinski definition) is 4. The van der Waals surface area contributed by atoms with E-state index >= 15 is 0 Å². The van der Waals surface area contributed by atoms with Crippen molar-refractivity contribution in [3.8, 4) is 22.5 Å². The van der Waals surface area contributed by atoms with Crippen LogP contribution in [-0.2, 0) is 20.1 Å². The molecular formula is C41H24IrN4O-2. The molecule has 10 aromatic rings. The zero-order chi connectivity index (χ0) is 30.5. The van der Waals surface area contributed by atoms with Gasteiger partial charge in [-0.05, 0) is 47.1 Å². The van der Waals surface area contributed by atoms with Gasteiger partial charge in [0.05, 0.1) is 16.6 Å². The van der Waals surface area contributed by atoms with Gasteiger partial charge in [0, 0.05) is 48.7 Å². The summed E-state index contributed by atoms with van der Waals surface area (Å²) in [5, 5.41) is 5.64. The molecule has 0 atom stereocenters. The summed E-state index contributed by atoms with van der Waals surface area (Å²) in [5.74, 6) is 0. The Morgan fingerprint density at radius 3 is 2.00 bits per heavy atom. The van der Waals surface area contributed by atoms with E-state index in [0.717, 1.165) is 72.0 Å². The number of para-hydroxylation sites is 1. The minimum Gasteiger partial charge on any atom is -0.498 e. The third-order valence-corrected chi connectivity index (χ3v) is 8.39. The van der Waals surface area contributed by atoms with Crippen LogP contribution >= 0.6 is 0 Å². The molecule has 0 fully saturated rings. The maximum atomic E-state index is 6.65. The van der Waals surface area contributed by atoms with Crippen molar-refractivity contribution in [2.45, 2.75) is 0 Å². The van der Waals surface area contributed by atoms with Crippen LogP contribution in [0.2, 0.25) is 0 Å². The number of benzene rings is 5. The normalized spacial score (nSPS) is 11.2. The molecule has 5 aromatic carbocycles. The van der Waals surface area contributed by atoms with Crippen LogP contribution in [0.15, 0.2) is 150 Å². The van der Waals surface area contributed by atoms with Crippen LogP contribution in [0.3, 0.4) is 0 Å². The maximum Gasteiger partial charge on any atom is 0.147 e. The van der Waals surface area contributed by atoms with Crippen molar-refractivity contribution in [3.63, 3.8) is 0 Å². The average molecular weight is 781 g/mol. The first-order valence-electron chi connectivity index (χ1n) is 15.1. The molecule has 5 aromatic heterocycles. The van der Waals surface area contributed by atoms with E-state index in [1.54, 1.807) is 12.4 Å². The molecule has 1 radical (unpaired) electrons. The third kappa shape index (κ3) is 4.78. The first-order chi connectivity index (χ1) is 22.8. The zero-order valence-corrected chi connectivity index (χ0v) is 27.3. The Labute approximate surface area is 283 Å². The van der Waals surface area contributed by atoms with Gasteiger partial charge in [0.25, 0.3) is 0 Å². The van der Waals surface area contributed by atoms with Crippen LogP contribution in [0.1, 0.15) is 0 Å². The van der Waals surface area contributed by atoms with Gasteiger partial charge >= 0.3 is 0 Å². The fraction of sp³-hybridized carbons (Fsp3) is 0. The summed E-state index contributed by atoms with van der Waals surface area (Å²) < 4.78 is 8.90. The molecule has 0 bridgehead atoms. The van der Waals surface area contributed by atoms with E-state index in [0.29, 0.717) is 0 Å². The molecule has 5 heterocycles. The number of aromatic nitrogens is 4. The minimum absolute atomic E-state index is 0. The molecule has 0 spiro atoms. The molecule has 0 unspecified atom stereocenters. The van der Waals surface area contributed by atoms with Gasteiger partial charge in [-0.3, -0.25) is 4.40 Å². The van der Waals surface area contributed by atoms with Crippen molar-refractivity contribution >= 4 is 60.3 Å². The molecule has 0 saturated heterocycles. The first kappa shape index (κ1) is 28.8. The molecule has 0 aliphatic heterocycles. The predicted molar refractivity (Wildman–Crippen MR) is 186 cm³/mol. The summed E-state index contributed by atoms with van der Waals surface area (Å²) in [6.07, 6.45) is 3.58. The Hall–Kier alpha value is -5.68. The Balaban J connectivity index is 0.000000212. The van der Waals surface area contributed by atoms with Crippen LogP contribution in [0, 0.1) is 12.1 Å². The molecule has 5 nitrogen and oxygen atoms in total. The van der Waals surface area contributed by atoms with Gasteiger partial charge < -0.3 is 14.4 Å². The van der Waals surface area contributed by atoms with Crippen molar-refractivity contribution in [2.75, 3.05) is 0 Å². The van der Waals surface area contributed by atoms with E-state index in [1.807, 2.05) is 66.7 Å². The number of furan rings is 1. The monoisotopic (exact) mass is 781 g/mol.